The summed E-state index contributed by atoms with van der Waals surface area (Å²) in [7, 11) is 1.82. The summed E-state index contributed by atoms with van der Waals surface area (Å²) in [5.41, 5.74) is 1.95. The molecule has 1 saturated heterocycles. The van der Waals surface area contributed by atoms with Crippen LogP contribution in [0.25, 0.3) is 0 Å². The number of anilines is 1. The van der Waals surface area contributed by atoms with E-state index in [0.717, 1.165) is 43.0 Å². The first-order valence-corrected chi connectivity index (χ1v) is 7.37. The maximum Gasteiger partial charge on any atom is 0.254 e. The molecule has 1 aromatic rings. The highest BCUT2D eigenvalue weighted by molar-refractivity contribution is 5.95. The topological polar surface area (TPSA) is 45.2 Å². The average Bonchev–Trinajstić information content (AvgIpc) is 2.58. The number of hydrogen-bond donors (Lipinski definition) is 1. The van der Waals surface area contributed by atoms with Crippen molar-refractivity contribution in [3.05, 3.63) is 23.4 Å². The third-order valence-corrected chi connectivity index (χ3v) is 4.08. The molecule has 0 aromatic carbocycles. The van der Waals surface area contributed by atoms with Crippen molar-refractivity contribution in [2.75, 3.05) is 25.5 Å². The number of pyridine rings is 1. The Balaban J connectivity index is 2.16. The lowest BCUT2D eigenvalue weighted by molar-refractivity contribution is 0.0757. The van der Waals surface area contributed by atoms with E-state index < -0.39 is 0 Å². The molecule has 0 spiro atoms. The number of rotatable bonds is 2. The first-order chi connectivity index (χ1) is 9.41. The van der Waals surface area contributed by atoms with E-state index in [-0.39, 0.29) is 5.91 Å². The van der Waals surface area contributed by atoms with Gasteiger partial charge >= 0.3 is 0 Å². The number of likely N-dealkylation sites (tertiary alicyclic amines) is 1. The molecule has 0 bridgehead atoms. The number of carbonyl (C=O) groups excluding carboxylic acids is 1. The third kappa shape index (κ3) is 3.50. The van der Waals surface area contributed by atoms with Crippen LogP contribution in [0.3, 0.4) is 0 Å². The summed E-state index contributed by atoms with van der Waals surface area (Å²) in [5, 5.41) is 3.01. The smallest absolute Gasteiger partial charge is 0.254 e. The van der Waals surface area contributed by atoms with Crippen LogP contribution >= 0.6 is 0 Å². The minimum Gasteiger partial charge on any atom is -0.373 e. The lowest BCUT2D eigenvalue weighted by Gasteiger charge is -2.23. The van der Waals surface area contributed by atoms with Gasteiger partial charge in [-0.15, -0.1) is 0 Å². The summed E-state index contributed by atoms with van der Waals surface area (Å²) in [6.07, 6.45) is 3.34. The quantitative estimate of drug-likeness (QED) is 0.902. The molecule has 1 aliphatic rings. The number of hydrogen-bond acceptors (Lipinski definition) is 3. The molecule has 0 atom stereocenters. The molecule has 1 N–H and O–H groups in total. The van der Waals surface area contributed by atoms with Gasteiger partial charge in [0.25, 0.3) is 5.91 Å². The minimum absolute atomic E-state index is 0.129. The molecule has 2 heterocycles. The van der Waals surface area contributed by atoms with Gasteiger partial charge in [0.1, 0.15) is 5.82 Å². The van der Waals surface area contributed by atoms with Crippen molar-refractivity contribution in [2.45, 2.75) is 40.0 Å². The fourth-order valence-electron chi connectivity index (χ4n) is 2.73. The Morgan fingerprint density at radius 3 is 2.75 bits per heavy atom. The highest BCUT2D eigenvalue weighted by Crippen LogP contribution is 2.30. The number of carbonyl (C=O) groups is 1. The zero-order valence-electron chi connectivity index (χ0n) is 13.0. The van der Waals surface area contributed by atoms with Crippen LogP contribution in [-0.2, 0) is 0 Å². The minimum atomic E-state index is 0.129. The highest BCUT2D eigenvalue weighted by atomic mass is 16.2. The molecule has 110 valence electrons. The van der Waals surface area contributed by atoms with Crippen molar-refractivity contribution in [2.24, 2.45) is 5.41 Å². The van der Waals surface area contributed by atoms with Crippen molar-refractivity contribution in [1.29, 1.82) is 0 Å². The molecule has 1 amide bonds. The van der Waals surface area contributed by atoms with Gasteiger partial charge in [0.2, 0.25) is 0 Å². The Hall–Kier alpha value is -1.58. The van der Waals surface area contributed by atoms with Crippen LogP contribution in [0.5, 0.6) is 0 Å². The summed E-state index contributed by atoms with van der Waals surface area (Å²) in [4.78, 5) is 19.0. The summed E-state index contributed by atoms with van der Waals surface area (Å²) >= 11 is 0. The van der Waals surface area contributed by atoms with Crippen molar-refractivity contribution < 1.29 is 4.79 Å². The predicted octanol–water partition coefficient (Wildman–Crippen LogP) is 3.08. The summed E-state index contributed by atoms with van der Waals surface area (Å²) in [6, 6.07) is 3.71. The molecular weight excluding hydrogens is 250 g/mol. The normalized spacial score (nSPS) is 18.5. The van der Waals surface area contributed by atoms with Gasteiger partial charge in [-0.05, 0) is 43.7 Å². The average molecular weight is 275 g/mol. The number of aryl methyl sites for hydroxylation is 1. The van der Waals surface area contributed by atoms with E-state index in [0.29, 0.717) is 5.41 Å². The standard InChI is InChI=1S/C16H25N3O/c1-12-10-13(11-14(17-4)18-12)15(20)19-8-5-6-16(2,3)7-9-19/h10-11H,5-9H2,1-4H3,(H,17,18). The number of nitrogens with one attached hydrogen (secondary N) is 1. The molecule has 4 heteroatoms. The molecule has 1 aliphatic heterocycles. The van der Waals surface area contributed by atoms with Crippen LogP contribution in [0.4, 0.5) is 5.82 Å². The van der Waals surface area contributed by atoms with E-state index in [9.17, 15) is 4.79 Å². The van der Waals surface area contributed by atoms with Crippen LogP contribution in [0.15, 0.2) is 12.1 Å². The lowest BCUT2D eigenvalue weighted by Crippen LogP contribution is -2.32. The van der Waals surface area contributed by atoms with Crippen molar-refractivity contribution in [3.8, 4) is 0 Å². The molecule has 4 nitrogen and oxygen atoms in total. The van der Waals surface area contributed by atoms with Crippen molar-refractivity contribution in [3.63, 3.8) is 0 Å². The molecule has 1 aromatic heterocycles. The Kier molecular flexibility index (Phi) is 4.31. The zero-order chi connectivity index (χ0) is 14.8. The number of amides is 1. The van der Waals surface area contributed by atoms with Gasteiger partial charge in [0.15, 0.2) is 0 Å². The van der Waals surface area contributed by atoms with E-state index in [4.69, 9.17) is 0 Å². The van der Waals surface area contributed by atoms with Crippen molar-refractivity contribution in [1.82, 2.24) is 9.88 Å². The first-order valence-electron chi connectivity index (χ1n) is 7.37. The second-order valence-corrected chi connectivity index (χ2v) is 6.44. The second-order valence-electron chi connectivity index (χ2n) is 6.44. The Morgan fingerprint density at radius 1 is 1.30 bits per heavy atom. The Bertz CT molecular complexity index is 496. The van der Waals surface area contributed by atoms with Gasteiger partial charge in [0, 0.05) is 31.4 Å². The molecule has 0 unspecified atom stereocenters. The predicted molar refractivity (Wildman–Crippen MR) is 82.1 cm³/mol. The van der Waals surface area contributed by atoms with Crippen molar-refractivity contribution >= 4 is 11.7 Å². The third-order valence-electron chi connectivity index (χ3n) is 4.08. The van der Waals surface area contributed by atoms with Gasteiger partial charge in [-0.1, -0.05) is 13.8 Å². The largest absolute Gasteiger partial charge is 0.373 e. The maximum atomic E-state index is 12.7. The van der Waals surface area contributed by atoms with E-state index in [2.05, 4.69) is 24.1 Å². The lowest BCUT2D eigenvalue weighted by atomic mass is 9.85. The fraction of sp³-hybridized carbons (Fsp3) is 0.625. The maximum absolute atomic E-state index is 12.7. The van der Waals surface area contributed by atoms with Crippen LogP contribution in [0, 0.1) is 12.3 Å². The van der Waals surface area contributed by atoms with Crippen LogP contribution < -0.4 is 5.32 Å². The zero-order valence-corrected chi connectivity index (χ0v) is 13.0. The first kappa shape index (κ1) is 14.8. The summed E-state index contributed by atoms with van der Waals surface area (Å²) in [6.45, 7) is 8.21. The van der Waals surface area contributed by atoms with E-state index >= 15 is 0 Å². The molecule has 0 aliphatic carbocycles. The summed E-state index contributed by atoms with van der Waals surface area (Å²) in [5.74, 6) is 0.883. The molecule has 20 heavy (non-hydrogen) atoms. The van der Waals surface area contributed by atoms with Gasteiger partial charge < -0.3 is 10.2 Å². The van der Waals surface area contributed by atoms with Crippen LogP contribution in [-0.4, -0.2) is 35.9 Å². The fourth-order valence-corrected chi connectivity index (χ4v) is 2.73. The molecule has 0 radical (unpaired) electrons. The van der Waals surface area contributed by atoms with E-state index in [1.54, 1.807) is 0 Å². The number of aromatic nitrogens is 1. The SMILES string of the molecule is CNc1cc(C(=O)N2CCCC(C)(C)CC2)cc(C)n1. The Morgan fingerprint density at radius 2 is 2.05 bits per heavy atom. The van der Waals surface area contributed by atoms with Gasteiger partial charge in [-0.25, -0.2) is 4.98 Å². The van der Waals surface area contributed by atoms with Crippen LogP contribution in [0.1, 0.15) is 49.2 Å². The molecule has 2 rings (SSSR count). The second kappa shape index (κ2) is 5.81. The van der Waals surface area contributed by atoms with Crippen LogP contribution in [0.2, 0.25) is 0 Å². The monoisotopic (exact) mass is 275 g/mol. The Labute approximate surface area is 121 Å². The summed E-state index contributed by atoms with van der Waals surface area (Å²) < 4.78 is 0. The molecule has 0 saturated carbocycles. The molecular formula is C16H25N3O. The van der Waals surface area contributed by atoms with E-state index in [1.807, 2.05) is 31.0 Å². The van der Waals surface area contributed by atoms with Gasteiger partial charge in [-0.3, -0.25) is 4.79 Å². The van der Waals surface area contributed by atoms with Gasteiger partial charge in [0.05, 0.1) is 0 Å². The number of nitrogens with zero attached hydrogens (tertiary/aromatic N) is 2. The van der Waals surface area contributed by atoms with Gasteiger partial charge in [-0.2, -0.15) is 0 Å². The van der Waals surface area contributed by atoms with E-state index in [1.165, 1.54) is 6.42 Å². The molecule has 1 fully saturated rings. The highest BCUT2D eigenvalue weighted by Gasteiger charge is 2.26.